The van der Waals surface area contributed by atoms with Crippen LogP contribution < -0.4 is 10.6 Å². The third-order valence-electron chi connectivity index (χ3n) is 4.63. The summed E-state index contributed by atoms with van der Waals surface area (Å²) in [6.07, 6.45) is 0. The number of carbonyl (C=O) groups is 1. The summed E-state index contributed by atoms with van der Waals surface area (Å²) >= 11 is 6.01. The van der Waals surface area contributed by atoms with Crippen molar-refractivity contribution in [2.75, 3.05) is 41.8 Å². The first-order chi connectivity index (χ1) is 13.8. The summed E-state index contributed by atoms with van der Waals surface area (Å²) in [5.74, 6) is 0.721. The fourth-order valence-electron chi connectivity index (χ4n) is 2.91. The number of nitrogens with one attached hydrogen (secondary N) is 2. The van der Waals surface area contributed by atoms with Crippen molar-refractivity contribution in [3.63, 3.8) is 0 Å². The van der Waals surface area contributed by atoms with Crippen LogP contribution in [0.2, 0.25) is 5.02 Å². The highest BCUT2D eigenvalue weighted by Gasteiger charge is 2.14. The summed E-state index contributed by atoms with van der Waals surface area (Å²) in [5.41, 5.74) is 2.94. The number of likely N-dealkylation sites (N-methyl/N-ethyl adjacent to an activating group) is 1. The first kappa shape index (κ1) is 22.7. The molecule has 7 heteroatoms. The summed E-state index contributed by atoms with van der Waals surface area (Å²) in [4.78, 5) is 20.0. The Hall–Kier alpha value is -2.57. The van der Waals surface area contributed by atoms with Gasteiger partial charge in [0.2, 0.25) is 0 Å². The zero-order chi connectivity index (χ0) is 21.4. The molecule has 2 N–H and O–H groups in total. The lowest BCUT2D eigenvalue weighted by Crippen LogP contribution is -2.41. The van der Waals surface area contributed by atoms with E-state index < -0.39 is 0 Å². The maximum Gasteiger partial charge on any atom is 0.253 e. The SMILES string of the molecule is CN=C(NCc1ccc(C(=O)N(C)C)cc1)NCC(c1ccc(Cl)cc1)N(C)C. The lowest BCUT2D eigenvalue weighted by atomic mass is 10.1. The average molecular weight is 416 g/mol. The Morgan fingerprint density at radius 2 is 1.62 bits per heavy atom. The van der Waals surface area contributed by atoms with Crippen molar-refractivity contribution in [1.29, 1.82) is 0 Å². The zero-order valence-corrected chi connectivity index (χ0v) is 18.5. The molecule has 0 bridgehead atoms. The van der Waals surface area contributed by atoms with Gasteiger partial charge in [-0.05, 0) is 49.5 Å². The van der Waals surface area contributed by atoms with Crippen LogP contribution >= 0.6 is 11.6 Å². The first-order valence-corrected chi connectivity index (χ1v) is 9.86. The maximum atomic E-state index is 12.0. The van der Waals surface area contributed by atoms with Crippen LogP contribution in [-0.4, -0.2) is 63.4 Å². The molecule has 0 aliphatic carbocycles. The molecule has 1 unspecified atom stereocenters. The molecule has 2 aromatic carbocycles. The quantitative estimate of drug-likeness (QED) is 0.539. The minimum absolute atomic E-state index is 0.00101. The highest BCUT2D eigenvalue weighted by atomic mass is 35.5. The monoisotopic (exact) mass is 415 g/mol. The number of carbonyl (C=O) groups excluding carboxylic acids is 1. The molecule has 0 aliphatic heterocycles. The van der Waals surface area contributed by atoms with E-state index in [1.54, 1.807) is 26.0 Å². The van der Waals surface area contributed by atoms with Gasteiger partial charge in [-0.15, -0.1) is 0 Å². The third-order valence-corrected chi connectivity index (χ3v) is 4.88. The second-order valence-corrected chi connectivity index (χ2v) is 7.67. The van der Waals surface area contributed by atoms with Gasteiger partial charge in [-0.3, -0.25) is 9.79 Å². The summed E-state index contributed by atoms with van der Waals surface area (Å²) in [6, 6.07) is 15.7. The molecule has 29 heavy (non-hydrogen) atoms. The van der Waals surface area contributed by atoms with Crippen molar-refractivity contribution in [3.05, 3.63) is 70.2 Å². The minimum atomic E-state index is -0.00101. The topological polar surface area (TPSA) is 60.0 Å². The molecule has 0 aromatic heterocycles. The van der Waals surface area contributed by atoms with E-state index in [0.717, 1.165) is 16.5 Å². The second-order valence-electron chi connectivity index (χ2n) is 7.23. The van der Waals surface area contributed by atoms with Crippen molar-refractivity contribution in [2.24, 2.45) is 4.99 Å². The van der Waals surface area contributed by atoms with Gasteiger partial charge in [-0.25, -0.2) is 0 Å². The number of rotatable bonds is 7. The van der Waals surface area contributed by atoms with E-state index in [0.29, 0.717) is 18.7 Å². The standard InChI is InChI=1S/C22H30ClN5O/c1-24-22(25-14-16-6-8-18(9-7-16)21(29)28(4)5)26-15-20(27(2)3)17-10-12-19(23)13-11-17/h6-13,20H,14-15H2,1-5H3,(H2,24,25,26). The predicted molar refractivity (Wildman–Crippen MR) is 121 cm³/mol. The molecule has 1 amide bonds. The number of nitrogens with zero attached hydrogens (tertiary/aromatic N) is 3. The minimum Gasteiger partial charge on any atom is -0.354 e. The van der Waals surface area contributed by atoms with Crippen LogP contribution in [0, 0.1) is 0 Å². The number of hydrogen-bond donors (Lipinski definition) is 2. The number of guanidine groups is 1. The Labute approximate surface area is 178 Å². The van der Waals surface area contributed by atoms with Gasteiger partial charge in [0, 0.05) is 44.8 Å². The van der Waals surface area contributed by atoms with Crippen LogP contribution in [0.5, 0.6) is 0 Å². The van der Waals surface area contributed by atoms with Crippen molar-refractivity contribution in [2.45, 2.75) is 12.6 Å². The van der Waals surface area contributed by atoms with Crippen molar-refractivity contribution in [3.8, 4) is 0 Å². The van der Waals surface area contributed by atoms with E-state index in [1.165, 1.54) is 5.56 Å². The molecule has 0 saturated heterocycles. The molecule has 6 nitrogen and oxygen atoms in total. The summed E-state index contributed by atoms with van der Waals surface area (Å²) in [5, 5.41) is 7.43. The van der Waals surface area contributed by atoms with Crippen LogP contribution in [0.3, 0.4) is 0 Å². The summed E-state index contributed by atoms with van der Waals surface area (Å²) < 4.78 is 0. The highest BCUT2D eigenvalue weighted by molar-refractivity contribution is 6.30. The Balaban J connectivity index is 1.93. The largest absolute Gasteiger partial charge is 0.354 e. The predicted octanol–water partition coefficient (Wildman–Crippen LogP) is 3.01. The van der Waals surface area contributed by atoms with E-state index >= 15 is 0 Å². The number of aliphatic imine (C=N–C) groups is 1. The van der Waals surface area contributed by atoms with Crippen molar-refractivity contribution in [1.82, 2.24) is 20.4 Å². The van der Waals surface area contributed by atoms with E-state index in [2.05, 4.69) is 20.5 Å². The van der Waals surface area contributed by atoms with E-state index in [9.17, 15) is 4.79 Å². The van der Waals surface area contributed by atoms with Crippen LogP contribution in [0.1, 0.15) is 27.5 Å². The molecule has 156 valence electrons. The molecule has 2 rings (SSSR count). The van der Waals surface area contributed by atoms with Gasteiger partial charge in [0.15, 0.2) is 5.96 Å². The Bertz CT molecular complexity index is 816. The molecule has 0 radical (unpaired) electrons. The highest BCUT2D eigenvalue weighted by Crippen LogP contribution is 2.19. The smallest absolute Gasteiger partial charge is 0.253 e. The normalized spacial score (nSPS) is 12.6. The van der Waals surface area contributed by atoms with Crippen molar-refractivity contribution < 1.29 is 4.79 Å². The molecule has 0 heterocycles. The molecule has 0 aliphatic rings. The van der Waals surface area contributed by atoms with E-state index in [4.69, 9.17) is 11.6 Å². The Morgan fingerprint density at radius 3 is 2.14 bits per heavy atom. The number of amides is 1. The Morgan fingerprint density at radius 1 is 1.00 bits per heavy atom. The molecule has 2 aromatic rings. The lowest BCUT2D eigenvalue weighted by molar-refractivity contribution is 0.0827. The molecule has 0 saturated carbocycles. The molecule has 0 spiro atoms. The summed E-state index contributed by atoms with van der Waals surface area (Å²) in [6.45, 7) is 1.31. The zero-order valence-electron chi connectivity index (χ0n) is 17.7. The van der Waals surface area contributed by atoms with Gasteiger partial charge in [0.1, 0.15) is 0 Å². The number of hydrogen-bond acceptors (Lipinski definition) is 3. The average Bonchev–Trinajstić information content (AvgIpc) is 2.71. The van der Waals surface area contributed by atoms with Gasteiger partial charge in [-0.1, -0.05) is 35.9 Å². The molecule has 0 fully saturated rings. The second kappa shape index (κ2) is 10.8. The molecule has 1 atom stereocenters. The van der Waals surface area contributed by atoms with Gasteiger partial charge in [0.05, 0.1) is 6.04 Å². The van der Waals surface area contributed by atoms with Crippen molar-refractivity contribution >= 4 is 23.5 Å². The van der Waals surface area contributed by atoms with E-state index in [-0.39, 0.29) is 11.9 Å². The lowest BCUT2D eigenvalue weighted by Gasteiger charge is -2.26. The van der Waals surface area contributed by atoms with Gasteiger partial charge in [-0.2, -0.15) is 0 Å². The van der Waals surface area contributed by atoms with Crippen LogP contribution in [0.25, 0.3) is 0 Å². The first-order valence-electron chi connectivity index (χ1n) is 9.48. The maximum absolute atomic E-state index is 12.0. The molecular weight excluding hydrogens is 386 g/mol. The van der Waals surface area contributed by atoms with Gasteiger partial charge >= 0.3 is 0 Å². The Kier molecular flexibility index (Phi) is 8.49. The number of halogens is 1. The van der Waals surface area contributed by atoms with Crippen LogP contribution in [0.15, 0.2) is 53.5 Å². The fraction of sp³-hybridized carbons (Fsp3) is 0.364. The van der Waals surface area contributed by atoms with Crippen LogP contribution in [0.4, 0.5) is 0 Å². The molecular formula is C22H30ClN5O. The third kappa shape index (κ3) is 6.76. The van der Waals surface area contributed by atoms with E-state index in [1.807, 2.05) is 62.6 Å². The number of benzene rings is 2. The van der Waals surface area contributed by atoms with Gasteiger partial charge in [0.25, 0.3) is 5.91 Å². The summed E-state index contributed by atoms with van der Waals surface area (Å²) in [7, 11) is 9.35. The van der Waals surface area contributed by atoms with Crippen LogP contribution in [-0.2, 0) is 6.54 Å². The fourth-order valence-corrected chi connectivity index (χ4v) is 3.03. The van der Waals surface area contributed by atoms with Gasteiger partial charge < -0.3 is 20.4 Å².